The van der Waals surface area contributed by atoms with E-state index in [1.165, 1.54) is 31.2 Å². The maximum atomic E-state index is 10.6. The molecule has 29 heavy (non-hydrogen) atoms. The zero-order valence-electron chi connectivity index (χ0n) is 17.5. The van der Waals surface area contributed by atoms with E-state index < -0.39 is 5.97 Å². The van der Waals surface area contributed by atoms with Gasteiger partial charge < -0.3 is 20.3 Å². The highest BCUT2D eigenvalue weighted by Gasteiger charge is 2.47. The highest BCUT2D eigenvalue weighted by Crippen LogP contribution is 2.47. The van der Waals surface area contributed by atoms with Crippen LogP contribution in [0.5, 0.6) is 0 Å². The third-order valence-corrected chi connectivity index (χ3v) is 6.62. The molecule has 0 aromatic heterocycles. The van der Waals surface area contributed by atoms with E-state index >= 15 is 0 Å². The van der Waals surface area contributed by atoms with E-state index in [1.807, 2.05) is 18.2 Å². The second-order valence-electron chi connectivity index (χ2n) is 8.80. The van der Waals surface area contributed by atoms with Gasteiger partial charge in [-0.05, 0) is 62.5 Å². The van der Waals surface area contributed by atoms with Crippen LogP contribution >= 0.6 is 0 Å². The second-order valence-corrected chi connectivity index (χ2v) is 8.80. The van der Waals surface area contributed by atoms with Crippen LogP contribution in [0.15, 0.2) is 30.3 Å². The van der Waals surface area contributed by atoms with E-state index in [1.54, 1.807) is 0 Å². The van der Waals surface area contributed by atoms with E-state index in [2.05, 4.69) is 17.4 Å². The molecule has 3 N–H and O–H groups in total. The number of aliphatic hydroxyl groups is 1. The predicted octanol–water partition coefficient (Wildman–Crippen LogP) is 3.79. The largest absolute Gasteiger partial charge is 0.481 e. The number of benzene rings is 1. The average Bonchev–Trinajstić information content (AvgIpc) is 3.30. The van der Waals surface area contributed by atoms with Crippen LogP contribution < -0.4 is 5.32 Å². The predicted molar refractivity (Wildman–Crippen MR) is 114 cm³/mol. The molecule has 5 atom stereocenters. The lowest BCUT2D eigenvalue weighted by molar-refractivity contribution is -0.137. The first kappa shape index (κ1) is 22.3. The normalized spacial score (nSPS) is 26.7. The Morgan fingerprint density at radius 2 is 1.72 bits per heavy atom. The number of carboxylic acid groups (broad SMARTS) is 1. The maximum Gasteiger partial charge on any atom is 0.303 e. The van der Waals surface area contributed by atoms with Crippen LogP contribution in [0.2, 0.25) is 0 Å². The van der Waals surface area contributed by atoms with Crippen LogP contribution in [-0.4, -0.2) is 47.6 Å². The minimum atomic E-state index is -0.687. The van der Waals surface area contributed by atoms with Gasteiger partial charge in [-0.2, -0.15) is 0 Å². The Morgan fingerprint density at radius 1 is 1.03 bits per heavy atom. The smallest absolute Gasteiger partial charge is 0.303 e. The minimum Gasteiger partial charge on any atom is -0.481 e. The number of hydrogen-bond acceptors (Lipinski definition) is 4. The van der Waals surface area contributed by atoms with Crippen molar-refractivity contribution in [3.63, 3.8) is 0 Å². The van der Waals surface area contributed by atoms with Crippen molar-refractivity contribution in [1.29, 1.82) is 0 Å². The Morgan fingerprint density at radius 3 is 2.45 bits per heavy atom. The Kier molecular flexibility index (Phi) is 8.96. The third kappa shape index (κ3) is 7.09. The summed E-state index contributed by atoms with van der Waals surface area (Å²) in [5, 5.41) is 22.4. The topological polar surface area (TPSA) is 78.8 Å². The summed E-state index contributed by atoms with van der Waals surface area (Å²) >= 11 is 0. The fourth-order valence-corrected chi connectivity index (χ4v) is 5.18. The van der Waals surface area contributed by atoms with Crippen LogP contribution in [0.25, 0.3) is 0 Å². The molecule has 3 rings (SSSR count). The van der Waals surface area contributed by atoms with Crippen molar-refractivity contribution >= 4 is 5.97 Å². The summed E-state index contributed by atoms with van der Waals surface area (Å²) < 4.78 is 6.21. The number of ether oxygens (including phenoxy) is 1. The Labute approximate surface area is 174 Å². The number of rotatable bonds is 14. The van der Waals surface area contributed by atoms with E-state index in [-0.39, 0.29) is 6.10 Å². The first-order chi connectivity index (χ1) is 14.1. The summed E-state index contributed by atoms with van der Waals surface area (Å²) in [5.41, 5.74) is 1.17. The summed E-state index contributed by atoms with van der Waals surface area (Å²) in [4.78, 5) is 10.6. The number of aliphatic hydroxyl groups excluding tert-OH is 1. The minimum absolute atomic E-state index is 0.293. The van der Waals surface area contributed by atoms with Crippen molar-refractivity contribution < 1.29 is 19.7 Å². The lowest BCUT2D eigenvalue weighted by Crippen LogP contribution is -2.33. The summed E-state index contributed by atoms with van der Waals surface area (Å²) in [6.07, 6.45) is 10.3. The van der Waals surface area contributed by atoms with Gasteiger partial charge in [0.15, 0.2) is 0 Å². The van der Waals surface area contributed by atoms with Crippen LogP contribution in [0.1, 0.15) is 63.4 Å². The number of nitrogens with one attached hydrogen (secondary N) is 1. The molecule has 0 saturated carbocycles. The van der Waals surface area contributed by atoms with Gasteiger partial charge in [0.05, 0.1) is 18.3 Å². The molecule has 5 heteroatoms. The van der Waals surface area contributed by atoms with Gasteiger partial charge in [-0.15, -0.1) is 0 Å². The van der Waals surface area contributed by atoms with Crippen molar-refractivity contribution in [3.05, 3.63) is 35.9 Å². The van der Waals surface area contributed by atoms with Gasteiger partial charge in [0.25, 0.3) is 0 Å². The summed E-state index contributed by atoms with van der Waals surface area (Å²) in [5.74, 6) is 0.601. The van der Waals surface area contributed by atoms with Gasteiger partial charge in [0, 0.05) is 13.0 Å². The van der Waals surface area contributed by atoms with Crippen molar-refractivity contribution in [2.24, 2.45) is 11.8 Å². The lowest BCUT2D eigenvalue weighted by Gasteiger charge is -2.28. The van der Waals surface area contributed by atoms with E-state index in [4.69, 9.17) is 9.84 Å². The van der Waals surface area contributed by atoms with Gasteiger partial charge in [-0.25, -0.2) is 0 Å². The molecule has 2 fully saturated rings. The van der Waals surface area contributed by atoms with Gasteiger partial charge >= 0.3 is 5.97 Å². The average molecular weight is 404 g/mol. The number of carboxylic acids is 1. The van der Waals surface area contributed by atoms with E-state index in [9.17, 15) is 9.90 Å². The molecule has 162 valence electrons. The summed E-state index contributed by atoms with van der Waals surface area (Å²) in [6.45, 7) is 1.56. The number of aliphatic carboxylic acids is 1. The molecule has 5 unspecified atom stereocenters. The standard InChI is InChI=1S/C24H37NO4/c26-19(16-18-8-4-3-5-9-18)17-25-15-14-21-20(22-12-13-23(21)29-22)10-6-1-2-7-11-24(27)28/h3-5,8-9,19-23,25-26H,1-2,6-7,10-17H2,(H,27,28). The molecule has 2 aliphatic heterocycles. The number of unbranched alkanes of at least 4 members (excludes halogenated alkanes) is 3. The molecule has 2 bridgehead atoms. The third-order valence-electron chi connectivity index (χ3n) is 6.62. The quantitative estimate of drug-likeness (QED) is 0.412. The molecule has 2 heterocycles. The molecule has 1 aromatic carbocycles. The van der Waals surface area contributed by atoms with Crippen molar-refractivity contribution in [2.75, 3.05) is 13.1 Å². The van der Waals surface area contributed by atoms with E-state index in [0.29, 0.717) is 43.4 Å². The molecule has 0 radical (unpaired) electrons. The SMILES string of the molecule is O=C(O)CCCCCCC1C2CCC(O2)C1CCNCC(O)Cc1ccccc1. The highest BCUT2D eigenvalue weighted by atomic mass is 16.5. The van der Waals surface area contributed by atoms with Gasteiger partial charge in [-0.3, -0.25) is 4.79 Å². The zero-order chi connectivity index (χ0) is 20.5. The summed E-state index contributed by atoms with van der Waals surface area (Å²) in [7, 11) is 0. The Balaban J connectivity index is 1.31. The number of hydrogen-bond donors (Lipinski definition) is 3. The van der Waals surface area contributed by atoms with Crippen molar-refractivity contribution in [2.45, 2.75) is 82.5 Å². The van der Waals surface area contributed by atoms with Crippen LogP contribution in [0, 0.1) is 11.8 Å². The highest BCUT2D eigenvalue weighted by molar-refractivity contribution is 5.66. The van der Waals surface area contributed by atoms with Crippen LogP contribution in [-0.2, 0) is 16.0 Å². The molecular weight excluding hydrogens is 366 g/mol. The molecular formula is C24H37NO4. The summed E-state index contributed by atoms with van der Waals surface area (Å²) in [6, 6.07) is 10.1. The Hall–Kier alpha value is -1.43. The first-order valence-electron chi connectivity index (χ1n) is 11.4. The molecule has 0 aliphatic carbocycles. The molecule has 2 aliphatic rings. The van der Waals surface area contributed by atoms with Crippen LogP contribution in [0.3, 0.4) is 0 Å². The van der Waals surface area contributed by atoms with E-state index in [0.717, 1.165) is 32.2 Å². The van der Waals surface area contributed by atoms with Crippen molar-refractivity contribution in [1.82, 2.24) is 5.32 Å². The molecule has 1 aromatic rings. The first-order valence-corrected chi connectivity index (χ1v) is 11.4. The second kappa shape index (κ2) is 11.7. The molecule has 5 nitrogen and oxygen atoms in total. The zero-order valence-corrected chi connectivity index (χ0v) is 17.5. The number of carbonyl (C=O) groups is 1. The van der Waals surface area contributed by atoms with Gasteiger partial charge in [0.1, 0.15) is 0 Å². The number of fused-ring (bicyclic) bond motifs is 2. The Bertz CT molecular complexity index is 608. The molecule has 2 saturated heterocycles. The van der Waals surface area contributed by atoms with Gasteiger partial charge in [-0.1, -0.05) is 49.6 Å². The maximum absolute atomic E-state index is 10.6. The van der Waals surface area contributed by atoms with Crippen LogP contribution in [0.4, 0.5) is 0 Å². The molecule has 0 amide bonds. The fraction of sp³-hybridized carbons (Fsp3) is 0.708. The monoisotopic (exact) mass is 403 g/mol. The van der Waals surface area contributed by atoms with Crippen molar-refractivity contribution in [3.8, 4) is 0 Å². The van der Waals surface area contributed by atoms with Gasteiger partial charge in [0.2, 0.25) is 0 Å². The molecule has 0 spiro atoms. The fourth-order valence-electron chi connectivity index (χ4n) is 5.18. The lowest BCUT2D eigenvalue weighted by atomic mass is 9.75.